The van der Waals surface area contributed by atoms with Crippen LogP contribution in [-0.2, 0) is 0 Å². The fraction of sp³-hybridized carbons (Fsp3) is 0.154. The summed E-state index contributed by atoms with van der Waals surface area (Å²) in [7, 11) is 0. The highest BCUT2D eigenvalue weighted by Gasteiger charge is 2.07. The van der Waals surface area contributed by atoms with E-state index in [1.807, 2.05) is 26.0 Å². The summed E-state index contributed by atoms with van der Waals surface area (Å²) in [5.74, 6) is 0. The molecule has 0 radical (unpaired) electrons. The van der Waals surface area contributed by atoms with E-state index in [-0.39, 0.29) is 5.56 Å². The zero-order chi connectivity index (χ0) is 11.3. The molecule has 3 aromatic rings. The van der Waals surface area contributed by atoms with Crippen molar-refractivity contribution in [2.24, 2.45) is 0 Å². The molecule has 2 aromatic heterocycles. The highest BCUT2D eigenvalue weighted by Crippen LogP contribution is 2.22. The van der Waals surface area contributed by atoms with E-state index in [2.05, 4.69) is 22.1 Å². The van der Waals surface area contributed by atoms with E-state index < -0.39 is 0 Å². The second-order valence-electron chi connectivity index (χ2n) is 4.24. The summed E-state index contributed by atoms with van der Waals surface area (Å²) in [5.41, 5.74) is 3.66. The van der Waals surface area contributed by atoms with E-state index >= 15 is 0 Å². The summed E-state index contributed by atoms with van der Waals surface area (Å²) in [6.07, 6.45) is 0. The van der Waals surface area contributed by atoms with E-state index in [0.29, 0.717) is 5.52 Å². The minimum absolute atomic E-state index is 0.0544. The topological polar surface area (TPSA) is 48.6 Å². The molecule has 0 fully saturated rings. The second-order valence-corrected chi connectivity index (χ2v) is 4.24. The molecule has 0 unspecified atom stereocenters. The molecule has 0 atom stereocenters. The average molecular weight is 212 g/mol. The molecule has 16 heavy (non-hydrogen) atoms. The van der Waals surface area contributed by atoms with Crippen LogP contribution in [0.2, 0.25) is 0 Å². The Bertz CT molecular complexity index is 750. The lowest BCUT2D eigenvalue weighted by Crippen LogP contribution is -2.06. The number of pyridine rings is 1. The lowest BCUT2D eigenvalue weighted by molar-refractivity contribution is 1.26. The minimum Gasteiger partial charge on any atom is -0.354 e. The molecule has 0 aliphatic carbocycles. The Balaban J connectivity index is 2.63. The number of H-pyrrole nitrogens is 2. The molecule has 3 rings (SSSR count). The van der Waals surface area contributed by atoms with Gasteiger partial charge >= 0.3 is 0 Å². The van der Waals surface area contributed by atoms with E-state index in [9.17, 15) is 4.79 Å². The number of rotatable bonds is 0. The van der Waals surface area contributed by atoms with Gasteiger partial charge in [0.2, 0.25) is 0 Å². The maximum absolute atomic E-state index is 11.8. The van der Waals surface area contributed by atoms with Crippen LogP contribution in [0.1, 0.15) is 11.3 Å². The van der Waals surface area contributed by atoms with Crippen LogP contribution in [-0.4, -0.2) is 9.97 Å². The molecule has 0 aliphatic heterocycles. The Morgan fingerprint density at radius 1 is 1.00 bits per heavy atom. The highest BCUT2D eigenvalue weighted by molar-refractivity contribution is 6.04. The van der Waals surface area contributed by atoms with Crippen LogP contribution in [0.25, 0.3) is 21.8 Å². The first kappa shape index (κ1) is 9.21. The van der Waals surface area contributed by atoms with Gasteiger partial charge in [0.1, 0.15) is 5.52 Å². The predicted octanol–water partition coefficient (Wildman–Crippen LogP) is 2.63. The molecule has 1 aromatic carbocycles. The van der Waals surface area contributed by atoms with Crippen molar-refractivity contribution in [2.75, 3.05) is 0 Å². The van der Waals surface area contributed by atoms with Crippen molar-refractivity contribution in [1.29, 1.82) is 0 Å². The Morgan fingerprint density at radius 3 is 2.62 bits per heavy atom. The number of benzene rings is 1. The van der Waals surface area contributed by atoms with Gasteiger partial charge in [0.15, 0.2) is 0 Å². The molecule has 0 aliphatic rings. The third kappa shape index (κ3) is 1.18. The molecule has 0 spiro atoms. The quantitative estimate of drug-likeness (QED) is 0.591. The van der Waals surface area contributed by atoms with Gasteiger partial charge in [0.05, 0.1) is 0 Å². The van der Waals surface area contributed by atoms with Crippen molar-refractivity contribution >= 4 is 21.8 Å². The van der Waals surface area contributed by atoms with Gasteiger partial charge in [-0.3, -0.25) is 4.79 Å². The lowest BCUT2D eigenvalue weighted by Gasteiger charge is -2.00. The minimum atomic E-state index is -0.0544. The van der Waals surface area contributed by atoms with Crippen LogP contribution in [0.15, 0.2) is 29.1 Å². The number of hydrogen-bond donors (Lipinski definition) is 2. The van der Waals surface area contributed by atoms with Crippen LogP contribution in [0.4, 0.5) is 0 Å². The molecular weight excluding hydrogens is 200 g/mol. The van der Waals surface area contributed by atoms with Crippen molar-refractivity contribution in [3.05, 3.63) is 45.9 Å². The largest absolute Gasteiger partial charge is 0.354 e. The van der Waals surface area contributed by atoms with E-state index in [1.54, 1.807) is 0 Å². The third-order valence-corrected chi connectivity index (χ3v) is 2.89. The maximum Gasteiger partial charge on any atom is 0.272 e. The van der Waals surface area contributed by atoms with Crippen molar-refractivity contribution in [2.45, 2.75) is 13.8 Å². The molecule has 2 heterocycles. The molecule has 0 saturated carbocycles. The highest BCUT2D eigenvalue weighted by atomic mass is 16.1. The number of fused-ring (bicyclic) bond motifs is 3. The van der Waals surface area contributed by atoms with Gasteiger partial charge in [-0.25, -0.2) is 0 Å². The van der Waals surface area contributed by atoms with E-state index in [4.69, 9.17) is 0 Å². The van der Waals surface area contributed by atoms with Crippen molar-refractivity contribution < 1.29 is 0 Å². The average Bonchev–Trinajstić information content (AvgIpc) is 2.60. The number of aryl methyl sites for hydroxylation is 2. The Hall–Kier alpha value is -2.03. The number of hydrogen-bond acceptors (Lipinski definition) is 1. The first-order chi connectivity index (χ1) is 7.65. The van der Waals surface area contributed by atoms with Gasteiger partial charge < -0.3 is 9.97 Å². The summed E-state index contributed by atoms with van der Waals surface area (Å²) in [6, 6.07) is 8.12. The van der Waals surface area contributed by atoms with Gasteiger partial charge in [0.25, 0.3) is 5.56 Å². The third-order valence-electron chi connectivity index (χ3n) is 2.89. The first-order valence-electron chi connectivity index (χ1n) is 5.27. The number of nitrogens with one attached hydrogen (secondary N) is 2. The summed E-state index contributed by atoms with van der Waals surface area (Å²) in [5, 5.41) is 2.08. The summed E-state index contributed by atoms with van der Waals surface area (Å²) < 4.78 is 0. The van der Waals surface area contributed by atoms with Crippen LogP contribution in [0.5, 0.6) is 0 Å². The number of aromatic amines is 2. The molecule has 0 saturated heterocycles. The normalized spacial score (nSPS) is 11.4. The van der Waals surface area contributed by atoms with Gasteiger partial charge in [0, 0.05) is 22.0 Å². The zero-order valence-corrected chi connectivity index (χ0v) is 9.22. The van der Waals surface area contributed by atoms with Gasteiger partial charge in [-0.15, -0.1) is 0 Å². The summed E-state index contributed by atoms with van der Waals surface area (Å²) >= 11 is 0. The van der Waals surface area contributed by atoms with E-state index in [1.165, 1.54) is 0 Å². The Morgan fingerprint density at radius 2 is 1.81 bits per heavy atom. The van der Waals surface area contributed by atoms with Gasteiger partial charge in [-0.05, 0) is 31.5 Å². The Kier molecular flexibility index (Phi) is 1.72. The number of aromatic nitrogens is 2. The SMILES string of the molecule is Cc1ccc2c(c1)[nH]c(=O)c1[nH]c(C)cc12. The van der Waals surface area contributed by atoms with Crippen molar-refractivity contribution in [3.63, 3.8) is 0 Å². The van der Waals surface area contributed by atoms with E-state index in [0.717, 1.165) is 27.5 Å². The molecule has 3 nitrogen and oxygen atoms in total. The van der Waals surface area contributed by atoms with Gasteiger partial charge in [-0.2, -0.15) is 0 Å². The standard InChI is InChI=1S/C13H12N2O/c1-7-3-4-9-10-6-8(2)14-12(10)13(16)15-11(9)5-7/h3-6,14H,1-2H3,(H,15,16). The van der Waals surface area contributed by atoms with Crippen LogP contribution in [0.3, 0.4) is 0 Å². The molecule has 0 amide bonds. The molecular formula is C13H12N2O. The predicted molar refractivity (Wildman–Crippen MR) is 65.9 cm³/mol. The molecule has 3 heteroatoms. The molecule has 0 bridgehead atoms. The second kappa shape index (κ2) is 2.98. The molecule has 2 N–H and O–H groups in total. The Labute approximate surface area is 92.1 Å². The van der Waals surface area contributed by atoms with Gasteiger partial charge in [-0.1, -0.05) is 12.1 Å². The van der Waals surface area contributed by atoms with Crippen molar-refractivity contribution in [3.8, 4) is 0 Å². The lowest BCUT2D eigenvalue weighted by atomic mass is 10.1. The first-order valence-corrected chi connectivity index (χ1v) is 5.27. The van der Waals surface area contributed by atoms with Crippen molar-refractivity contribution in [1.82, 2.24) is 9.97 Å². The molecule has 80 valence electrons. The maximum atomic E-state index is 11.8. The smallest absolute Gasteiger partial charge is 0.272 e. The fourth-order valence-electron chi connectivity index (χ4n) is 2.16. The fourth-order valence-corrected chi connectivity index (χ4v) is 2.16. The summed E-state index contributed by atoms with van der Waals surface area (Å²) in [6.45, 7) is 3.98. The van der Waals surface area contributed by atoms with Crippen LogP contribution in [0, 0.1) is 13.8 Å². The monoisotopic (exact) mass is 212 g/mol. The van der Waals surface area contributed by atoms with Crippen LogP contribution >= 0.6 is 0 Å². The summed E-state index contributed by atoms with van der Waals surface area (Å²) in [4.78, 5) is 17.8. The van der Waals surface area contributed by atoms with Crippen LogP contribution < -0.4 is 5.56 Å². The zero-order valence-electron chi connectivity index (χ0n) is 9.22.